The van der Waals surface area contributed by atoms with E-state index in [2.05, 4.69) is 12.2 Å². The van der Waals surface area contributed by atoms with Crippen LogP contribution in [-0.4, -0.2) is 30.6 Å². The number of rotatable bonds is 6. The molecule has 0 saturated carbocycles. The molecule has 3 heteroatoms. The Morgan fingerprint density at radius 2 is 2.07 bits per heavy atom. The van der Waals surface area contributed by atoms with Gasteiger partial charge in [0.1, 0.15) is 0 Å². The zero-order valence-corrected chi connectivity index (χ0v) is 9.38. The van der Waals surface area contributed by atoms with Gasteiger partial charge < -0.3 is 10.2 Å². The second kappa shape index (κ2) is 5.89. The summed E-state index contributed by atoms with van der Waals surface area (Å²) >= 11 is 0. The van der Waals surface area contributed by atoms with Crippen molar-refractivity contribution in [1.82, 2.24) is 10.2 Å². The molecule has 2 amide bonds. The third-order valence-corrected chi connectivity index (χ3v) is 3.00. The molecule has 1 N–H and O–H groups in total. The van der Waals surface area contributed by atoms with E-state index in [0.717, 1.165) is 13.0 Å². The lowest BCUT2D eigenvalue weighted by Crippen LogP contribution is -2.29. The first-order valence-electron chi connectivity index (χ1n) is 5.76. The van der Waals surface area contributed by atoms with Gasteiger partial charge in [0.25, 0.3) is 0 Å². The molecule has 0 aliphatic carbocycles. The highest BCUT2D eigenvalue weighted by Crippen LogP contribution is 2.13. The highest BCUT2D eigenvalue weighted by Gasteiger charge is 2.25. The molecule has 1 atom stereocenters. The van der Waals surface area contributed by atoms with E-state index in [1.165, 1.54) is 32.1 Å². The highest BCUT2D eigenvalue weighted by atomic mass is 16.2. The van der Waals surface area contributed by atoms with Crippen molar-refractivity contribution >= 4 is 6.03 Å². The normalized spacial score (nSPS) is 21.4. The fourth-order valence-corrected chi connectivity index (χ4v) is 1.91. The Hall–Kier alpha value is -0.730. The van der Waals surface area contributed by atoms with E-state index in [-0.39, 0.29) is 6.03 Å². The van der Waals surface area contributed by atoms with Crippen LogP contribution >= 0.6 is 0 Å². The SMILES string of the molecule is CCCCCCCC1CNC(=O)N1C. The lowest BCUT2D eigenvalue weighted by atomic mass is 10.1. The zero-order valence-electron chi connectivity index (χ0n) is 9.38. The fourth-order valence-electron chi connectivity index (χ4n) is 1.91. The van der Waals surface area contributed by atoms with Gasteiger partial charge in [0, 0.05) is 13.6 Å². The topological polar surface area (TPSA) is 32.3 Å². The van der Waals surface area contributed by atoms with E-state index in [0.29, 0.717) is 6.04 Å². The van der Waals surface area contributed by atoms with Crippen LogP contribution in [0.5, 0.6) is 0 Å². The minimum atomic E-state index is 0.0866. The van der Waals surface area contributed by atoms with Crippen molar-refractivity contribution in [2.75, 3.05) is 13.6 Å². The molecule has 0 aromatic carbocycles. The Balaban J connectivity index is 2.04. The van der Waals surface area contributed by atoms with E-state index in [4.69, 9.17) is 0 Å². The van der Waals surface area contributed by atoms with Crippen molar-refractivity contribution in [1.29, 1.82) is 0 Å². The lowest BCUT2D eigenvalue weighted by Gasteiger charge is -2.17. The number of carbonyl (C=O) groups excluding carboxylic acids is 1. The monoisotopic (exact) mass is 198 g/mol. The van der Waals surface area contributed by atoms with Crippen molar-refractivity contribution in [3.05, 3.63) is 0 Å². The number of amides is 2. The Kier molecular flexibility index (Phi) is 4.77. The van der Waals surface area contributed by atoms with Gasteiger partial charge in [-0.1, -0.05) is 39.0 Å². The molecular weight excluding hydrogens is 176 g/mol. The maximum atomic E-state index is 11.1. The molecule has 3 nitrogen and oxygen atoms in total. The van der Waals surface area contributed by atoms with E-state index >= 15 is 0 Å². The summed E-state index contributed by atoms with van der Waals surface area (Å²) in [7, 11) is 1.89. The largest absolute Gasteiger partial charge is 0.336 e. The second-order valence-electron chi connectivity index (χ2n) is 4.15. The number of urea groups is 1. The predicted molar refractivity (Wildman–Crippen MR) is 58.3 cm³/mol. The molecule has 14 heavy (non-hydrogen) atoms. The second-order valence-corrected chi connectivity index (χ2v) is 4.15. The predicted octanol–water partition coefficient (Wildman–Crippen LogP) is 2.37. The van der Waals surface area contributed by atoms with Crippen LogP contribution in [0.25, 0.3) is 0 Å². The number of hydrogen-bond acceptors (Lipinski definition) is 1. The quantitative estimate of drug-likeness (QED) is 0.653. The molecule has 1 fully saturated rings. The van der Waals surface area contributed by atoms with Gasteiger partial charge in [0.2, 0.25) is 0 Å². The summed E-state index contributed by atoms with van der Waals surface area (Å²) < 4.78 is 0. The van der Waals surface area contributed by atoms with Crippen molar-refractivity contribution in [2.24, 2.45) is 0 Å². The van der Waals surface area contributed by atoms with Crippen molar-refractivity contribution in [3.63, 3.8) is 0 Å². The van der Waals surface area contributed by atoms with Crippen molar-refractivity contribution in [3.8, 4) is 0 Å². The third-order valence-electron chi connectivity index (χ3n) is 3.00. The molecule has 0 aromatic rings. The summed E-state index contributed by atoms with van der Waals surface area (Å²) in [6.45, 7) is 3.07. The number of hydrogen-bond donors (Lipinski definition) is 1. The average molecular weight is 198 g/mol. The Labute approximate surface area is 86.9 Å². The third kappa shape index (κ3) is 3.20. The molecule has 0 radical (unpaired) electrons. The fraction of sp³-hybridized carbons (Fsp3) is 0.909. The van der Waals surface area contributed by atoms with Gasteiger partial charge >= 0.3 is 6.03 Å². The molecule has 82 valence electrons. The molecule has 1 heterocycles. The summed E-state index contributed by atoms with van der Waals surface area (Å²) in [4.78, 5) is 13.0. The van der Waals surface area contributed by atoms with E-state index in [1.807, 2.05) is 11.9 Å². The van der Waals surface area contributed by atoms with Crippen LogP contribution in [0.2, 0.25) is 0 Å². The van der Waals surface area contributed by atoms with Crippen molar-refractivity contribution < 1.29 is 4.79 Å². The van der Waals surface area contributed by atoms with Gasteiger partial charge in [0.05, 0.1) is 6.04 Å². The van der Waals surface area contributed by atoms with Gasteiger partial charge in [-0.2, -0.15) is 0 Å². The molecule has 1 aliphatic rings. The van der Waals surface area contributed by atoms with Crippen LogP contribution in [0.3, 0.4) is 0 Å². The molecule has 1 aliphatic heterocycles. The summed E-state index contributed by atoms with van der Waals surface area (Å²) in [5, 5.41) is 2.86. The zero-order chi connectivity index (χ0) is 10.4. The number of nitrogens with zero attached hydrogens (tertiary/aromatic N) is 1. The van der Waals surface area contributed by atoms with Crippen LogP contribution in [0, 0.1) is 0 Å². The Bertz CT molecular complexity index is 182. The van der Waals surface area contributed by atoms with Crippen LogP contribution in [0.15, 0.2) is 0 Å². The lowest BCUT2D eigenvalue weighted by molar-refractivity contribution is 0.214. The molecule has 0 bridgehead atoms. The molecule has 1 unspecified atom stereocenters. The maximum Gasteiger partial charge on any atom is 0.317 e. The van der Waals surface area contributed by atoms with Gasteiger partial charge in [-0.05, 0) is 6.42 Å². The van der Waals surface area contributed by atoms with Gasteiger partial charge in [-0.3, -0.25) is 0 Å². The number of carbonyl (C=O) groups is 1. The summed E-state index contributed by atoms with van der Waals surface area (Å²) in [5.41, 5.74) is 0. The minimum absolute atomic E-state index is 0.0866. The first-order valence-corrected chi connectivity index (χ1v) is 5.76. The number of nitrogens with one attached hydrogen (secondary N) is 1. The summed E-state index contributed by atoms with van der Waals surface area (Å²) in [6, 6.07) is 0.521. The smallest absolute Gasteiger partial charge is 0.317 e. The van der Waals surface area contributed by atoms with E-state index < -0.39 is 0 Å². The number of likely N-dealkylation sites (N-methyl/N-ethyl adjacent to an activating group) is 1. The molecule has 1 saturated heterocycles. The Morgan fingerprint density at radius 3 is 2.64 bits per heavy atom. The van der Waals surface area contributed by atoms with Crippen LogP contribution < -0.4 is 5.32 Å². The Morgan fingerprint density at radius 1 is 1.36 bits per heavy atom. The molecule has 1 rings (SSSR count). The molecule has 0 spiro atoms. The van der Waals surface area contributed by atoms with Crippen molar-refractivity contribution in [2.45, 2.75) is 51.5 Å². The van der Waals surface area contributed by atoms with E-state index in [1.54, 1.807) is 0 Å². The summed E-state index contributed by atoms with van der Waals surface area (Å²) in [6.07, 6.45) is 7.70. The van der Waals surface area contributed by atoms with Gasteiger partial charge in [-0.15, -0.1) is 0 Å². The summed E-state index contributed by atoms with van der Waals surface area (Å²) in [5.74, 6) is 0. The maximum absolute atomic E-state index is 11.1. The van der Waals surface area contributed by atoms with E-state index in [9.17, 15) is 4.79 Å². The number of unbranched alkanes of at least 4 members (excludes halogenated alkanes) is 4. The minimum Gasteiger partial charge on any atom is -0.336 e. The first-order chi connectivity index (χ1) is 6.75. The molecular formula is C11H22N2O. The van der Waals surface area contributed by atoms with Crippen LogP contribution in [-0.2, 0) is 0 Å². The van der Waals surface area contributed by atoms with Crippen LogP contribution in [0.4, 0.5) is 4.79 Å². The van der Waals surface area contributed by atoms with Gasteiger partial charge in [0.15, 0.2) is 0 Å². The first kappa shape index (κ1) is 11.3. The average Bonchev–Trinajstić information content (AvgIpc) is 2.49. The van der Waals surface area contributed by atoms with Crippen LogP contribution in [0.1, 0.15) is 45.4 Å². The highest BCUT2D eigenvalue weighted by molar-refractivity contribution is 5.76. The standard InChI is InChI=1S/C11H22N2O/c1-3-4-5-6-7-8-10-9-12-11(14)13(10)2/h10H,3-9H2,1-2H3,(H,12,14). The van der Waals surface area contributed by atoms with Gasteiger partial charge in [-0.25, -0.2) is 4.79 Å². The molecule has 0 aromatic heterocycles.